The Morgan fingerprint density at radius 2 is 2.00 bits per heavy atom. The summed E-state index contributed by atoms with van der Waals surface area (Å²) >= 11 is 0. The molecule has 7 heteroatoms. The maximum atomic E-state index is 12.4. The molecule has 0 aliphatic carbocycles. The number of amides is 2. The van der Waals surface area contributed by atoms with Gasteiger partial charge in [-0.2, -0.15) is 4.98 Å². The zero-order valence-electron chi connectivity index (χ0n) is 15.1. The lowest BCUT2D eigenvalue weighted by Crippen LogP contribution is -2.41. The Morgan fingerprint density at radius 3 is 2.72 bits per heavy atom. The first kappa shape index (κ1) is 17.9. The zero-order valence-corrected chi connectivity index (χ0v) is 15.1. The van der Waals surface area contributed by atoms with Gasteiger partial charge in [0.25, 0.3) is 0 Å². The Kier molecular flexibility index (Phi) is 6.04. The van der Waals surface area contributed by atoms with Crippen LogP contribution in [0.3, 0.4) is 0 Å². The quantitative estimate of drug-likeness (QED) is 0.812. The van der Waals surface area contributed by atoms with Gasteiger partial charge in [-0.05, 0) is 31.6 Å². The summed E-state index contributed by atoms with van der Waals surface area (Å²) in [5, 5.41) is 3.96. The van der Waals surface area contributed by atoms with E-state index in [1.807, 2.05) is 9.80 Å². The first-order valence-electron chi connectivity index (χ1n) is 9.46. The van der Waals surface area contributed by atoms with Gasteiger partial charge in [-0.25, -0.2) is 0 Å². The van der Waals surface area contributed by atoms with Crippen LogP contribution in [0.15, 0.2) is 4.52 Å². The van der Waals surface area contributed by atoms with Crippen molar-refractivity contribution in [1.82, 2.24) is 19.9 Å². The highest BCUT2D eigenvalue weighted by Crippen LogP contribution is 2.21. The fraction of sp³-hybridized carbons (Fsp3) is 0.778. The van der Waals surface area contributed by atoms with Crippen LogP contribution in [0.25, 0.3) is 0 Å². The van der Waals surface area contributed by atoms with Gasteiger partial charge in [0, 0.05) is 52.4 Å². The maximum absolute atomic E-state index is 12.4. The summed E-state index contributed by atoms with van der Waals surface area (Å²) in [6, 6.07) is 0. The third kappa shape index (κ3) is 5.03. The Hall–Kier alpha value is -1.92. The molecule has 7 nitrogen and oxygen atoms in total. The standard InChI is InChI=1S/C18H28N4O3/c1-14-19-16(20-25-14)13-15-6-10-22(11-7-15)18(24)8-12-21-9-4-2-3-5-17(21)23/h15H,2-13H2,1H3. The molecule has 1 aromatic heterocycles. The highest BCUT2D eigenvalue weighted by molar-refractivity contribution is 5.79. The number of aryl methyl sites for hydroxylation is 1. The number of carbonyl (C=O) groups excluding carboxylic acids is 2. The fourth-order valence-corrected chi connectivity index (χ4v) is 3.73. The third-order valence-electron chi connectivity index (χ3n) is 5.28. The second-order valence-electron chi connectivity index (χ2n) is 7.20. The van der Waals surface area contributed by atoms with Crippen molar-refractivity contribution in [3.8, 4) is 0 Å². The Labute approximate surface area is 148 Å². The minimum Gasteiger partial charge on any atom is -0.343 e. The minimum atomic E-state index is 0.172. The SMILES string of the molecule is Cc1nc(CC2CCN(C(=O)CCN3CCCCCC3=O)CC2)no1. The predicted octanol–water partition coefficient (Wildman–Crippen LogP) is 1.95. The van der Waals surface area contributed by atoms with Crippen molar-refractivity contribution < 1.29 is 14.1 Å². The lowest BCUT2D eigenvalue weighted by Gasteiger charge is -2.32. The van der Waals surface area contributed by atoms with Gasteiger partial charge in [0.15, 0.2) is 5.82 Å². The van der Waals surface area contributed by atoms with Gasteiger partial charge in [0.05, 0.1) is 0 Å². The van der Waals surface area contributed by atoms with Gasteiger partial charge < -0.3 is 14.3 Å². The van der Waals surface area contributed by atoms with Crippen molar-refractivity contribution in [3.05, 3.63) is 11.7 Å². The first-order chi connectivity index (χ1) is 12.1. The van der Waals surface area contributed by atoms with Gasteiger partial charge in [0.2, 0.25) is 17.7 Å². The van der Waals surface area contributed by atoms with Crippen LogP contribution < -0.4 is 0 Å². The van der Waals surface area contributed by atoms with Crippen molar-refractivity contribution in [2.24, 2.45) is 5.92 Å². The Balaban J connectivity index is 1.39. The molecule has 0 radical (unpaired) electrons. The summed E-state index contributed by atoms with van der Waals surface area (Å²) < 4.78 is 5.01. The number of hydrogen-bond donors (Lipinski definition) is 0. The van der Waals surface area contributed by atoms with Gasteiger partial charge in [-0.1, -0.05) is 11.6 Å². The summed E-state index contributed by atoms with van der Waals surface area (Å²) in [6.45, 7) is 4.74. The highest BCUT2D eigenvalue weighted by Gasteiger charge is 2.25. The molecular formula is C18H28N4O3. The molecule has 2 fully saturated rings. The molecule has 25 heavy (non-hydrogen) atoms. The molecule has 0 saturated carbocycles. The number of carbonyl (C=O) groups is 2. The zero-order chi connectivity index (χ0) is 17.6. The molecule has 0 atom stereocenters. The smallest absolute Gasteiger partial charge is 0.224 e. The van der Waals surface area contributed by atoms with E-state index in [9.17, 15) is 9.59 Å². The van der Waals surface area contributed by atoms with Crippen LogP contribution in [0.2, 0.25) is 0 Å². The van der Waals surface area contributed by atoms with Gasteiger partial charge in [0.1, 0.15) is 0 Å². The number of nitrogens with zero attached hydrogens (tertiary/aromatic N) is 4. The van der Waals surface area contributed by atoms with E-state index in [0.29, 0.717) is 31.2 Å². The summed E-state index contributed by atoms with van der Waals surface area (Å²) in [5.41, 5.74) is 0. The van der Waals surface area contributed by atoms with Crippen LogP contribution in [-0.4, -0.2) is 57.9 Å². The topological polar surface area (TPSA) is 79.5 Å². The molecule has 2 aliphatic rings. The minimum absolute atomic E-state index is 0.172. The molecule has 0 bridgehead atoms. The normalized spacial score (nSPS) is 20.0. The van der Waals surface area contributed by atoms with E-state index in [0.717, 1.165) is 64.0 Å². The molecule has 138 valence electrons. The van der Waals surface area contributed by atoms with Crippen LogP contribution in [0.1, 0.15) is 56.7 Å². The second kappa shape index (κ2) is 8.45. The number of rotatable bonds is 5. The van der Waals surface area contributed by atoms with Crippen molar-refractivity contribution in [2.45, 2.75) is 58.3 Å². The van der Waals surface area contributed by atoms with Crippen molar-refractivity contribution in [3.63, 3.8) is 0 Å². The molecule has 2 aliphatic heterocycles. The number of hydrogen-bond acceptors (Lipinski definition) is 5. The van der Waals surface area contributed by atoms with E-state index in [1.165, 1.54) is 0 Å². The molecule has 2 saturated heterocycles. The van der Waals surface area contributed by atoms with Gasteiger partial charge in [-0.3, -0.25) is 9.59 Å². The summed E-state index contributed by atoms with van der Waals surface area (Å²) in [5.74, 6) is 2.26. The van der Waals surface area contributed by atoms with E-state index >= 15 is 0 Å². The van der Waals surface area contributed by atoms with E-state index in [-0.39, 0.29) is 11.8 Å². The Morgan fingerprint density at radius 1 is 1.20 bits per heavy atom. The highest BCUT2D eigenvalue weighted by atomic mass is 16.5. The fourth-order valence-electron chi connectivity index (χ4n) is 3.73. The average Bonchev–Trinajstić information content (AvgIpc) is 2.90. The van der Waals surface area contributed by atoms with E-state index in [2.05, 4.69) is 10.1 Å². The largest absolute Gasteiger partial charge is 0.343 e. The first-order valence-corrected chi connectivity index (χ1v) is 9.46. The summed E-state index contributed by atoms with van der Waals surface area (Å²) in [4.78, 5) is 32.5. The van der Waals surface area contributed by atoms with E-state index in [1.54, 1.807) is 6.92 Å². The summed E-state index contributed by atoms with van der Waals surface area (Å²) in [6.07, 6.45) is 7.00. The molecule has 1 aromatic rings. The predicted molar refractivity (Wildman–Crippen MR) is 91.7 cm³/mol. The van der Waals surface area contributed by atoms with Crippen LogP contribution >= 0.6 is 0 Å². The molecule has 3 heterocycles. The maximum Gasteiger partial charge on any atom is 0.224 e. The van der Waals surface area contributed by atoms with Crippen LogP contribution in [0, 0.1) is 12.8 Å². The number of likely N-dealkylation sites (tertiary alicyclic amines) is 2. The molecular weight excluding hydrogens is 320 g/mol. The molecule has 0 aromatic carbocycles. The molecule has 2 amide bonds. The number of aromatic nitrogens is 2. The average molecular weight is 348 g/mol. The van der Waals surface area contributed by atoms with Crippen molar-refractivity contribution >= 4 is 11.8 Å². The summed E-state index contributed by atoms with van der Waals surface area (Å²) in [7, 11) is 0. The molecule has 0 N–H and O–H groups in total. The van der Waals surface area contributed by atoms with Crippen LogP contribution in [0.4, 0.5) is 0 Å². The van der Waals surface area contributed by atoms with E-state index < -0.39 is 0 Å². The third-order valence-corrected chi connectivity index (χ3v) is 5.28. The van der Waals surface area contributed by atoms with Gasteiger partial charge >= 0.3 is 0 Å². The van der Waals surface area contributed by atoms with Crippen LogP contribution in [-0.2, 0) is 16.0 Å². The molecule has 0 unspecified atom stereocenters. The van der Waals surface area contributed by atoms with Crippen molar-refractivity contribution in [1.29, 1.82) is 0 Å². The monoisotopic (exact) mass is 348 g/mol. The Bertz CT molecular complexity index is 593. The molecule has 0 spiro atoms. The van der Waals surface area contributed by atoms with E-state index in [4.69, 9.17) is 4.52 Å². The van der Waals surface area contributed by atoms with Crippen molar-refractivity contribution in [2.75, 3.05) is 26.2 Å². The number of piperidine rings is 1. The second-order valence-corrected chi connectivity index (χ2v) is 7.20. The lowest BCUT2D eigenvalue weighted by molar-refractivity contribution is -0.135. The lowest BCUT2D eigenvalue weighted by atomic mass is 9.93. The molecule has 3 rings (SSSR count). The van der Waals surface area contributed by atoms with Crippen LogP contribution in [0.5, 0.6) is 0 Å². The van der Waals surface area contributed by atoms with Gasteiger partial charge in [-0.15, -0.1) is 0 Å².